The van der Waals surface area contributed by atoms with E-state index in [9.17, 15) is 14.4 Å². The van der Waals surface area contributed by atoms with Gasteiger partial charge in [0.1, 0.15) is 11.4 Å². The number of carbonyl (C=O) groups excluding carboxylic acids is 2. The number of piperidine rings is 1. The minimum absolute atomic E-state index is 0.0762. The molecule has 8 nitrogen and oxygen atoms in total. The monoisotopic (exact) mass is 423 g/mol. The number of pyridine rings is 2. The molecule has 2 aromatic heterocycles. The summed E-state index contributed by atoms with van der Waals surface area (Å²) in [7, 11) is 1.65. The van der Waals surface area contributed by atoms with Gasteiger partial charge in [0.25, 0.3) is 11.5 Å². The van der Waals surface area contributed by atoms with Gasteiger partial charge in [-0.3, -0.25) is 14.4 Å². The average Bonchev–Trinajstić information content (AvgIpc) is 2.80. The molecule has 2 aliphatic heterocycles. The van der Waals surface area contributed by atoms with Crippen LogP contribution in [0, 0.1) is 5.92 Å². The molecule has 1 N–H and O–H groups in total. The third kappa shape index (κ3) is 4.19. The van der Waals surface area contributed by atoms with Crippen molar-refractivity contribution in [3.05, 3.63) is 57.6 Å². The first kappa shape index (κ1) is 21.1. The maximum Gasteiger partial charge on any atom is 0.263 e. The van der Waals surface area contributed by atoms with Gasteiger partial charge in [-0.05, 0) is 49.4 Å². The molecule has 2 aliphatic rings. The average molecular weight is 424 g/mol. The Bertz CT molecular complexity index is 1030. The maximum atomic E-state index is 13.3. The van der Waals surface area contributed by atoms with E-state index in [-0.39, 0.29) is 28.9 Å². The molecule has 0 aliphatic carbocycles. The van der Waals surface area contributed by atoms with E-state index in [4.69, 9.17) is 0 Å². The van der Waals surface area contributed by atoms with Crippen molar-refractivity contribution in [2.75, 3.05) is 31.1 Å². The summed E-state index contributed by atoms with van der Waals surface area (Å²) < 4.78 is 1.45. The fraction of sp³-hybridized carbons (Fsp3) is 0.478. The molecule has 0 bridgehead atoms. The van der Waals surface area contributed by atoms with Crippen molar-refractivity contribution >= 4 is 17.6 Å². The Balaban J connectivity index is 1.53. The second-order valence-electron chi connectivity index (χ2n) is 8.27. The molecule has 164 valence electrons. The van der Waals surface area contributed by atoms with Gasteiger partial charge in [0.2, 0.25) is 5.91 Å². The molecule has 1 atom stereocenters. The van der Waals surface area contributed by atoms with Crippen LogP contribution in [0.2, 0.25) is 0 Å². The van der Waals surface area contributed by atoms with Crippen molar-refractivity contribution in [3.63, 3.8) is 0 Å². The number of anilines is 1. The molecule has 0 aromatic carbocycles. The van der Waals surface area contributed by atoms with E-state index >= 15 is 0 Å². The molecule has 31 heavy (non-hydrogen) atoms. The first-order valence-electron chi connectivity index (χ1n) is 10.9. The summed E-state index contributed by atoms with van der Waals surface area (Å²) in [6, 6.07) is 5.84. The van der Waals surface area contributed by atoms with E-state index in [1.165, 1.54) is 4.57 Å². The number of nitrogens with one attached hydrogen (secondary N) is 1. The fourth-order valence-corrected chi connectivity index (χ4v) is 4.65. The van der Waals surface area contributed by atoms with Crippen LogP contribution in [0.1, 0.15) is 41.3 Å². The highest BCUT2D eigenvalue weighted by Crippen LogP contribution is 2.26. The number of rotatable bonds is 4. The Morgan fingerprint density at radius 1 is 1.26 bits per heavy atom. The Morgan fingerprint density at radius 2 is 2.10 bits per heavy atom. The van der Waals surface area contributed by atoms with Crippen molar-refractivity contribution in [3.8, 4) is 0 Å². The van der Waals surface area contributed by atoms with Crippen LogP contribution in [-0.4, -0.2) is 52.4 Å². The Hall–Kier alpha value is -3.16. The molecule has 1 unspecified atom stereocenters. The predicted molar refractivity (Wildman–Crippen MR) is 118 cm³/mol. The standard InChI is InChI=1S/C23H29N5O3/c1-3-24-21(29)20-18-9-12-28(15-17(18)13-26(2)23(20)31)22(30)16-7-6-11-27(14-16)19-8-4-5-10-25-19/h4-5,8,10,13,16H,3,6-7,9,11-12,14-15H2,1-2H3,(H,24,29). The zero-order chi connectivity index (χ0) is 22.0. The van der Waals surface area contributed by atoms with Gasteiger partial charge in [0.05, 0.1) is 5.92 Å². The van der Waals surface area contributed by atoms with Gasteiger partial charge in [-0.2, -0.15) is 0 Å². The van der Waals surface area contributed by atoms with Crippen LogP contribution >= 0.6 is 0 Å². The summed E-state index contributed by atoms with van der Waals surface area (Å²) in [5.74, 6) is 0.635. The van der Waals surface area contributed by atoms with Crippen molar-refractivity contribution in [2.45, 2.75) is 32.7 Å². The van der Waals surface area contributed by atoms with E-state index in [0.717, 1.165) is 36.3 Å². The van der Waals surface area contributed by atoms with Crippen LogP contribution < -0.4 is 15.8 Å². The molecule has 1 fully saturated rings. The molecule has 2 aromatic rings. The van der Waals surface area contributed by atoms with E-state index in [1.807, 2.05) is 30.0 Å². The van der Waals surface area contributed by atoms with Crippen LogP contribution in [-0.2, 0) is 24.8 Å². The van der Waals surface area contributed by atoms with Crippen LogP contribution in [0.5, 0.6) is 0 Å². The highest BCUT2D eigenvalue weighted by atomic mass is 16.2. The third-order valence-electron chi connectivity index (χ3n) is 6.19. The summed E-state index contributed by atoms with van der Waals surface area (Å²) >= 11 is 0. The topological polar surface area (TPSA) is 87.5 Å². The molecular formula is C23H29N5O3. The lowest BCUT2D eigenvalue weighted by molar-refractivity contribution is -0.136. The predicted octanol–water partition coefficient (Wildman–Crippen LogP) is 1.33. The summed E-state index contributed by atoms with van der Waals surface area (Å²) in [6.07, 6.45) is 5.87. The van der Waals surface area contributed by atoms with Crippen molar-refractivity contribution in [2.24, 2.45) is 13.0 Å². The minimum Gasteiger partial charge on any atom is -0.356 e. The van der Waals surface area contributed by atoms with Crippen LogP contribution in [0.15, 0.2) is 35.4 Å². The number of hydrogen-bond donors (Lipinski definition) is 1. The smallest absolute Gasteiger partial charge is 0.263 e. The molecule has 1 saturated heterocycles. The second kappa shape index (κ2) is 8.91. The van der Waals surface area contributed by atoms with E-state index in [2.05, 4.69) is 15.2 Å². The van der Waals surface area contributed by atoms with Gasteiger partial charge in [-0.25, -0.2) is 4.98 Å². The molecule has 0 radical (unpaired) electrons. The first-order valence-corrected chi connectivity index (χ1v) is 10.9. The third-order valence-corrected chi connectivity index (χ3v) is 6.19. The van der Waals surface area contributed by atoms with E-state index < -0.39 is 0 Å². The lowest BCUT2D eigenvalue weighted by Crippen LogP contribution is -2.47. The molecule has 2 amide bonds. The Kier molecular flexibility index (Phi) is 6.06. The summed E-state index contributed by atoms with van der Waals surface area (Å²) in [5, 5.41) is 2.74. The zero-order valence-corrected chi connectivity index (χ0v) is 18.1. The molecule has 0 saturated carbocycles. The number of carbonyl (C=O) groups is 2. The van der Waals surface area contributed by atoms with Crippen LogP contribution in [0.3, 0.4) is 0 Å². The zero-order valence-electron chi connectivity index (χ0n) is 18.1. The number of nitrogens with zero attached hydrogens (tertiary/aromatic N) is 4. The summed E-state index contributed by atoms with van der Waals surface area (Å²) in [5.41, 5.74) is 1.58. The normalized spacial score (nSPS) is 18.5. The number of amides is 2. The van der Waals surface area contributed by atoms with E-state index in [1.54, 1.807) is 19.4 Å². The SMILES string of the molecule is CCNC(=O)c1c2c(cn(C)c1=O)CN(C(=O)C1CCCN(c3ccccn3)C1)CC2. The highest BCUT2D eigenvalue weighted by molar-refractivity contribution is 5.95. The second-order valence-corrected chi connectivity index (χ2v) is 8.27. The molecule has 4 heterocycles. The minimum atomic E-state index is -0.335. The number of fused-ring (bicyclic) bond motifs is 1. The fourth-order valence-electron chi connectivity index (χ4n) is 4.65. The van der Waals surface area contributed by atoms with Gasteiger partial charge in [0.15, 0.2) is 0 Å². The van der Waals surface area contributed by atoms with Crippen molar-refractivity contribution < 1.29 is 9.59 Å². The van der Waals surface area contributed by atoms with Gasteiger partial charge in [0, 0.05) is 52.2 Å². The van der Waals surface area contributed by atoms with Crippen LogP contribution in [0.4, 0.5) is 5.82 Å². The first-order chi connectivity index (χ1) is 15.0. The Morgan fingerprint density at radius 3 is 2.84 bits per heavy atom. The maximum absolute atomic E-state index is 13.3. The molecule has 4 rings (SSSR count). The van der Waals surface area contributed by atoms with Gasteiger partial charge >= 0.3 is 0 Å². The highest BCUT2D eigenvalue weighted by Gasteiger charge is 2.33. The largest absolute Gasteiger partial charge is 0.356 e. The number of aryl methyl sites for hydroxylation is 1. The van der Waals surface area contributed by atoms with Gasteiger partial charge < -0.3 is 19.7 Å². The van der Waals surface area contributed by atoms with Gasteiger partial charge in [-0.1, -0.05) is 6.07 Å². The van der Waals surface area contributed by atoms with Crippen molar-refractivity contribution in [1.29, 1.82) is 0 Å². The molecular weight excluding hydrogens is 394 g/mol. The van der Waals surface area contributed by atoms with Gasteiger partial charge in [-0.15, -0.1) is 0 Å². The van der Waals surface area contributed by atoms with Crippen molar-refractivity contribution in [1.82, 2.24) is 19.8 Å². The van der Waals surface area contributed by atoms with E-state index in [0.29, 0.717) is 32.6 Å². The summed E-state index contributed by atoms with van der Waals surface area (Å²) in [6.45, 7) is 4.81. The lowest BCUT2D eigenvalue weighted by atomic mass is 9.92. The number of aromatic nitrogens is 2. The summed E-state index contributed by atoms with van der Waals surface area (Å²) in [4.78, 5) is 46.9. The molecule has 0 spiro atoms. The number of hydrogen-bond acceptors (Lipinski definition) is 5. The molecule has 8 heteroatoms. The quantitative estimate of drug-likeness (QED) is 0.802. The lowest BCUT2D eigenvalue weighted by Gasteiger charge is -2.37. The van der Waals surface area contributed by atoms with Crippen LogP contribution in [0.25, 0.3) is 0 Å². The Labute approximate surface area is 181 Å².